The maximum atomic E-state index is 14.3. The summed E-state index contributed by atoms with van der Waals surface area (Å²) in [7, 11) is 7.15. The number of ketones is 1. The number of amidine groups is 1. The third-order valence-corrected chi connectivity index (χ3v) is 7.11. The molecule has 3 aliphatic rings. The predicted molar refractivity (Wildman–Crippen MR) is 131 cm³/mol. The summed E-state index contributed by atoms with van der Waals surface area (Å²) in [4.78, 5) is 23.4. The van der Waals surface area contributed by atoms with E-state index in [2.05, 4.69) is 34.3 Å². The molecule has 3 aliphatic heterocycles. The Hall–Kier alpha value is -3.32. The first kappa shape index (κ1) is 21.5. The number of ether oxygens (including phenoxy) is 2. The first-order valence-electron chi connectivity index (χ1n) is 11.3. The largest absolute Gasteiger partial charge is 0.497 e. The Morgan fingerprint density at radius 1 is 1.03 bits per heavy atom. The second-order valence-corrected chi connectivity index (χ2v) is 8.93. The number of carbonyl (C=O) groups excluding carboxylic acids is 1. The minimum atomic E-state index is -0.683. The number of carbonyl (C=O) groups is 1. The topological polar surface area (TPSA) is 66.4 Å². The molecule has 7 nitrogen and oxygen atoms in total. The molecular weight excluding hydrogens is 416 g/mol. The highest BCUT2D eigenvalue weighted by atomic mass is 16.5. The number of rotatable bonds is 3. The van der Waals surface area contributed by atoms with Gasteiger partial charge in [-0.1, -0.05) is 18.2 Å². The highest BCUT2D eigenvalue weighted by Crippen LogP contribution is 2.46. The lowest BCUT2D eigenvalue weighted by Gasteiger charge is -2.43. The van der Waals surface area contributed by atoms with Crippen LogP contribution < -0.4 is 19.7 Å². The number of hydrogen-bond acceptors (Lipinski definition) is 6. The van der Waals surface area contributed by atoms with Crippen LogP contribution in [0.1, 0.15) is 18.4 Å². The highest BCUT2D eigenvalue weighted by molar-refractivity contribution is 6.38. The van der Waals surface area contributed by atoms with Gasteiger partial charge in [-0.15, -0.1) is 0 Å². The second kappa shape index (κ2) is 8.23. The lowest BCUT2D eigenvalue weighted by atomic mass is 9.82. The normalized spacial score (nSPS) is 23.2. The van der Waals surface area contributed by atoms with Crippen LogP contribution in [0.15, 0.2) is 58.7 Å². The number of hydrogen-bond donors (Lipinski definition) is 1. The van der Waals surface area contributed by atoms with Crippen LogP contribution >= 0.6 is 0 Å². The number of methoxy groups -OCH3 is 2. The van der Waals surface area contributed by atoms with Crippen molar-refractivity contribution in [2.24, 2.45) is 4.99 Å². The van der Waals surface area contributed by atoms with Gasteiger partial charge in [0.1, 0.15) is 22.9 Å². The van der Waals surface area contributed by atoms with E-state index in [9.17, 15) is 4.79 Å². The number of para-hydroxylation sites is 1. The van der Waals surface area contributed by atoms with Crippen molar-refractivity contribution in [1.82, 2.24) is 4.90 Å². The zero-order valence-electron chi connectivity index (χ0n) is 19.6. The van der Waals surface area contributed by atoms with E-state index in [1.165, 1.54) is 5.56 Å². The van der Waals surface area contributed by atoms with Crippen molar-refractivity contribution in [2.75, 3.05) is 51.6 Å². The van der Waals surface area contributed by atoms with Crippen LogP contribution in [0.2, 0.25) is 0 Å². The Morgan fingerprint density at radius 2 is 1.70 bits per heavy atom. The maximum Gasteiger partial charge on any atom is 0.194 e. The summed E-state index contributed by atoms with van der Waals surface area (Å²) in [6.45, 7) is 1.69. The van der Waals surface area contributed by atoms with Gasteiger partial charge in [0.05, 0.1) is 25.5 Å². The summed E-state index contributed by atoms with van der Waals surface area (Å²) < 4.78 is 11.1. The molecule has 0 bridgehead atoms. The standard InChI is InChI=1S/C26H30N4O3/c1-27-25-23(22-13-17-7-5-6-8-21(17)28-22)24(31)26(9-11-29(2)12-10-26)30(25)18-14-19(32-3)16-20(15-18)33-4/h5-8,14-16,28H,9-13H2,1-4H3. The van der Waals surface area contributed by atoms with Crippen LogP contribution in [0.4, 0.5) is 11.4 Å². The minimum absolute atomic E-state index is 0.147. The summed E-state index contributed by atoms with van der Waals surface area (Å²) >= 11 is 0. The molecule has 0 atom stereocenters. The Labute approximate surface area is 194 Å². The van der Waals surface area contributed by atoms with Crippen LogP contribution in [0.3, 0.4) is 0 Å². The summed E-state index contributed by atoms with van der Waals surface area (Å²) in [5.74, 6) is 2.22. The molecule has 0 saturated carbocycles. The fourth-order valence-electron chi connectivity index (χ4n) is 5.31. The summed E-state index contributed by atoms with van der Waals surface area (Å²) in [5.41, 5.74) is 4.05. The summed E-state index contributed by atoms with van der Waals surface area (Å²) in [6.07, 6.45) is 2.15. The molecule has 0 aliphatic carbocycles. The number of Topliss-reactive ketones (excluding diaryl/α,β-unsaturated/α-hetero) is 1. The number of anilines is 2. The molecule has 0 amide bonds. The molecule has 1 spiro atoms. The van der Waals surface area contributed by atoms with Crippen molar-refractivity contribution in [3.8, 4) is 11.5 Å². The van der Waals surface area contributed by atoms with Crippen molar-refractivity contribution in [3.05, 3.63) is 59.3 Å². The molecule has 2 fully saturated rings. The average molecular weight is 447 g/mol. The molecule has 0 aromatic heterocycles. The molecule has 2 aromatic rings. The van der Waals surface area contributed by atoms with Gasteiger partial charge in [-0.05, 0) is 31.5 Å². The van der Waals surface area contributed by atoms with Crippen LogP contribution in [-0.2, 0) is 11.2 Å². The Morgan fingerprint density at radius 3 is 2.30 bits per heavy atom. The van der Waals surface area contributed by atoms with Crippen LogP contribution in [0, 0.1) is 0 Å². The van der Waals surface area contributed by atoms with Crippen molar-refractivity contribution in [1.29, 1.82) is 0 Å². The highest BCUT2D eigenvalue weighted by Gasteiger charge is 2.56. The van der Waals surface area contributed by atoms with Crippen molar-refractivity contribution in [2.45, 2.75) is 24.8 Å². The van der Waals surface area contributed by atoms with Gasteiger partial charge in [-0.2, -0.15) is 0 Å². The van der Waals surface area contributed by atoms with Gasteiger partial charge >= 0.3 is 0 Å². The van der Waals surface area contributed by atoms with Crippen LogP contribution in [0.25, 0.3) is 0 Å². The first-order chi connectivity index (χ1) is 16.0. The smallest absolute Gasteiger partial charge is 0.194 e. The van der Waals surface area contributed by atoms with E-state index in [1.807, 2.05) is 30.3 Å². The number of nitrogens with one attached hydrogen (secondary N) is 1. The van der Waals surface area contributed by atoms with Gasteiger partial charge in [0.15, 0.2) is 5.78 Å². The number of allylic oxidation sites excluding steroid dienone is 1. The number of nitrogens with zero attached hydrogens (tertiary/aromatic N) is 3. The quantitative estimate of drug-likeness (QED) is 0.728. The van der Waals surface area contributed by atoms with E-state index in [4.69, 9.17) is 14.5 Å². The molecule has 2 saturated heterocycles. The summed E-state index contributed by atoms with van der Waals surface area (Å²) in [6, 6.07) is 14.0. The molecular formula is C26H30N4O3. The monoisotopic (exact) mass is 446 g/mol. The fraction of sp³-hybridized carbons (Fsp3) is 0.385. The second-order valence-electron chi connectivity index (χ2n) is 8.93. The lowest BCUT2D eigenvalue weighted by molar-refractivity contribution is -0.120. The SMILES string of the molecule is CN=C1C(=C2Cc3ccccc3N2)C(=O)C2(CCN(C)CC2)N1c1cc(OC)cc(OC)c1. The van der Waals surface area contributed by atoms with Gasteiger partial charge in [0.25, 0.3) is 0 Å². The first-order valence-corrected chi connectivity index (χ1v) is 11.3. The van der Waals surface area contributed by atoms with Gasteiger partial charge < -0.3 is 24.6 Å². The van der Waals surface area contributed by atoms with E-state index in [0.717, 1.165) is 43.0 Å². The van der Waals surface area contributed by atoms with Gasteiger partial charge in [-0.25, -0.2) is 0 Å². The maximum absolute atomic E-state index is 14.3. The number of aliphatic imine (C=N–C) groups is 1. The lowest BCUT2D eigenvalue weighted by Crippen LogP contribution is -2.56. The molecule has 172 valence electrons. The van der Waals surface area contributed by atoms with E-state index < -0.39 is 5.54 Å². The summed E-state index contributed by atoms with van der Waals surface area (Å²) in [5, 5.41) is 3.51. The third-order valence-electron chi connectivity index (χ3n) is 7.11. The Balaban J connectivity index is 1.69. The zero-order valence-corrected chi connectivity index (χ0v) is 19.6. The van der Waals surface area contributed by atoms with Gasteiger partial charge in [0, 0.05) is 56.1 Å². The zero-order chi connectivity index (χ0) is 23.2. The number of piperidine rings is 1. The molecule has 0 unspecified atom stereocenters. The predicted octanol–water partition coefficient (Wildman–Crippen LogP) is 3.51. The fourth-order valence-corrected chi connectivity index (χ4v) is 5.31. The molecule has 1 N–H and O–H groups in total. The molecule has 2 aromatic carbocycles. The number of benzene rings is 2. The molecule has 5 rings (SSSR count). The Kier molecular flexibility index (Phi) is 5.37. The van der Waals surface area contributed by atoms with Crippen LogP contribution in [0.5, 0.6) is 11.5 Å². The molecule has 7 heteroatoms. The number of fused-ring (bicyclic) bond motifs is 1. The van der Waals surface area contributed by atoms with Crippen molar-refractivity contribution >= 4 is 23.0 Å². The molecule has 0 radical (unpaired) electrons. The average Bonchev–Trinajstić information content (AvgIpc) is 3.37. The van der Waals surface area contributed by atoms with E-state index >= 15 is 0 Å². The van der Waals surface area contributed by atoms with Crippen molar-refractivity contribution in [3.63, 3.8) is 0 Å². The number of likely N-dealkylation sites (tertiary alicyclic amines) is 1. The van der Waals surface area contributed by atoms with Gasteiger partial charge in [0.2, 0.25) is 0 Å². The van der Waals surface area contributed by atoms with Crippen molar-refractivity contribution < 1.29 is 14.3 Å². The molecule has 33 heavy (non-hydrogen) atoms. The third kappa shape index (κ3) is 3.38. The molecule has 3 heterocycles. The Bertz CT molecular complexity index is 1110. The van der Waals surface area contributed by atoms with Crippen LogP contribution in [-0.4, -0.2) is 63.5 Å². The van der Waals surface area contributed by atoms with E-state index in [0.29, 0.717) is 29.3 Å². The van der Waals surface area contributed by atoms with E-state index in [1.54, 1.807) is 21.3 Å². The minimum Gasteiger partial charge on any atom is -0.497 e. The van der Waals surface area contributed by atoms with E-state index in [-0.39, 0.29) is 5.78 Å². The van der Waals surface area contributed by atoms with Gasteiger partial charge in [-0.3, -0.25) is 9.79 Å².